The number of benzene rings is 2. The Morgan fingerprint density at radius 2 is 1.38 bits per heavy atom. The third-order valence-corrected chi connectivity index (χ3v) is 5.15. The SMILES string of the molecule is CC1Cc2ccccc2C2=C(CCCC2)c2ccccc21. The molecule has 2 aromatic carbocycles. The van der Waals surface area contributed by atoms with Gasteiger partial charge < -0.3 is 0 Å². The zero-order valence-electron chi connectivity index (χ0n) is 12.7. The smallest absolute Gasteiger partial charge is 0.0144 e. The van der Waals surface area contributed by atoms with Gasteiger partial charge in [-0.15, -0.1) is 0 Å². The van der Waals surface area contributed by atoms with E-state index in [0.29, 0.717) is 5.92 Å². The van der Waals surface area contributed by atoms with Gasteiger partial charge in [0.1, 0.15) is 0 Å². The number of allylic oxidation sites excluding steroid dienone is 2. The summed E-state index contributed by atoms with van der Waals surface area (Å²) in [4.78, 5) is 0. The van der Waals surface area contributed by atoms with Gasteiger partial charge >= 0.3 is 0 Å². The van der Waals surface area contributed by atoms with E-state index in [4.69, 9.17) is 0 Å². The highest BCUT2D eigenvalue weighted by Crippen LogP contribution is 2.44. The molecule has 2 aliphatic rings. The average molecular weight is 274 g/mol. The van der Waals surface area contributed by atoms with Crippen molar-refractivity contribution < 1.29 is 0 Å². The summed E-state index contributed by atoms with van der Waals surface area (Å²) in [6.45, 7) is 2.38. The van der Waals surface area contributed by atoms with Crippen molar-refractivity contribution >= 4 is 11.1 Å². The standard InChI is InChI=1S/C21H22/c1-15-14-16-8-2-3-10-18(16)20-12-6-7-13-21(20)19-11-5-4-9-17(15)19/h2-5,8-11,15H,6-7,12-14H2,1H3. The summed E-state index contributed by atoms with van der Waals surface area (Å²) in [6.07, 6.45) is 6.32. The second-order valence-corrected chi connectivity index (χ2v) is 6.51. The fourth-order valence-corrected chi connectivity index (χ4v) is 4.13. The van der Waals surface area contributed by atoms with Crippen molar-refractivity contribution in [2.45, 2.75) is 44.9 Å². The normalized spacial score (nSPS) is 20.9. The minimum Gasteiger partial charge on any atom is -0.0620 e. The van der Waals surface area contributed by atoms with Crippen molar-refractivity contribution in [3.05, 3.63) is 70.8 Å². The first-order valence-electron chi connectivity index (χ1n) is 8.24. The second kappa shape index (κ2) is 5.18. The molecule has 0 radical (unpaired) electrons. The van der Waals surface area contributed by atoms with Gasteiger partial charge in [-0.3, -0.25) is 0 Å². The van der Waals surface area contributed by atoms with Crippen LogP contribution < -0.4 is 0 Å². The van der Waals surface area contributed by atoms with Crippen molar-refractivity contribution in [2.75, 3.05) is 0 Å². The van der Waals surface area contributed by atoms with Gasteiger partial charge in [-0.25, -0.2) is 0 Å². The molecule has 21 heavy (non-hydrogen) atoms. The first-order valence-corrected chi connectivity index (χ1v) is 8.24. The van der Waals surface area contributed by atoms with Gasteiger partial charge in [0.05, 0.1) is 0 Å². The van der Waals surface area contributed by atoms with E-state index in [2.05, 4.69) is 55.5 Å². The van der Waals surface area contributed by atoms with Gasteiger partial charge in [-0.2, -0.15) is 0 Å². The van der Waals surface area contributed by atoms with E-state index in [1.54, 1.807) is 16.7 Å². The first-order chi connectivity index (χ1) is 10.3. The fourth-order valence-electron chi connectivity index (χ4n) is 4.13. The molecule has 0 aliphatic heterocycles. The van der Waals surface area contributed by atoms with Gasteiger partial charge in [0.15, 0.2) is 0 Å². The summed E-state index contributed by atoms with van der Waals surface area (Å²) in [5.74, 6) is 0.596. The van der Waals surface area contributed by atoms with Crippen molar-refractivity contribution in [3.8, 4) is 0 Å². The molecule has 2 aromatic rings. The maximum atomic E-state index is 2.38. The van der Waals surface area contributed by atoms with Crippen LogP contribution in [0.15, 0.2) is 48.5 Å². The molecule has 0 saturated heterocycles. The Labute approximate surface area is 127 Å². The highest BCUT2D eigenvalue weighted by Gasteiger charge is 2.24. The molecule has 0 spiro atoms. The van der Waals surface area contributed by atoms with Crippen molar-refractivity contribution in [1.82, 2.24) is 0 Å². The van der Waals surface area contributed by atoms with Gasteiger partial charge in [-0.1, -0.05) is 55.5 Å². The highest BCUT2D eigenvalue weighted by atomic mass is 14.3. The van der Waals surface area contributed by atoms with E-state index in [-0.39, 0.29) is 0 Å². The molecule has 0 fully saturated rings. The largest absolute Gasteiger partial charge is 0.0620 e. The van der Waals surface area contributed by atoms with Crippen LogP contribution >= 0.6 is 0 Å². The Kier molecular flexibility index (Phi) is 3.18. The zero-order chi connectivity index (χ0) is 14.2. The molecule has 1 atom stereocenters. The molecule has 0 N–H and O–H groups in total. The second-order valence-electron chi connectivity index (χ2n) is 6.51. The number of hydrogen-bond donors (Lipinski definition) is 0. The van der Waals surface area contributed by atoms with Gasteiger partial charge in [0.25, 0.3) is 0 Å². The van der Waals surface area contributed by atoms with E-state index < -0.39 is 0 Å². The number of hydrogen-bond acceptors (Lipinski definition) is 0. The minimum absolute atomic E-state index is 0.596. The van der Waals surface area contributed by atoms with Crippen LogP contribution in [0.5, 0.6) is 0 Å². The summed E-state index contributed by atoms with van der Waals surface area (Å²) in [7, 11) is 0. The number of fused-ring (bicyclic) bond motifs is 4. The molecule has 0 amide bonds. The van der Waals surface area contributed by atoms with Crippen molar-refractivity contribution in [2.24, 2.45) is 0 Å². The predicted octanol–water partition coefficient (Wildman–Crippen LogP) is 5.83. The maximum absolute atomic E-state index is 2.38. The summed E-state index contributed by atoms with van der Waals surface area (Å²) < 4.78 is 0. The van der Waals surface area contributed by atoms with E-state index in [0.717, 1.165) is 6.42 Å². The molecule has 0 saturated carbocycles. The van der Waals surface area contributed by atoms with Gasteiger partial charge in [0, 0.05) is 0 Å². The van der Waals surface area contributed by atoms with E-state index >= 15 is 0 Å². The molecule has 0 aromatic heterocycles. The van der Waals surface area contributed by atoms with Crippen molar-refractivity contribution in [3.63, 3.8) is 0 Å². The lowest BCUT2D eigenvalue weighted by atomic mass is 9.75. The van der Waals surface area contributed by atoms with E-state index in [1.807, 2.05) is 0 Å². The minimum atomic E-state index is 0.596. The summed E-state index contributed by atoms with van der Waals surface area (Å²) >= 11 is 0. The fraction of sp³-hybridized carbons (Fsp3) is 0.333. The third kappa shape index (κ3) is 2.14. The molecular formula is C21H22. The zero-order valence-corrected chi connectivity index (χ0v) is 12.7. The lowest BCUT2D eigenvalue weighted by Crippen LogP contribution is -2.11. The molecule has 2 aliphatic carbocycles. The van der Waals surface area contributed by atoms with Crippen LogP contribution in [0.4, 0.5) is 0 Å². The number of rotatable bonds is 0. The molecule has 0 bridgehead atoms. The lowest BCUT2D eigenvalue weighted by molar-refractivity contribution is 0.725. The molecule has 0 nitrogen and oxygen atoms in total. The monoisotopic (exact) mass is 274 g/mol. The van der Waals surface area contributed by atoms with E-state index in [9.17, 15) is 0 Å². The topological polar surface area (TPSA) is 0 Å². The van der Waals surface area contributed by atoms with Crippen LogP contribution in [0, 0.1) is 0 Å². The van der Waals surface area contributed by atoms with Crippen LogP contribution in [-0.4, -0.2) is 0 Å². The van der Waals surface area contributed by atoms with Crippen LogP contribution in [-0.2, 0) is 6.42 Å². The Morgan fingerprint density at radius 1 is 0.762 bits per heavy atom. The molecule has 4 rings (SSSR count). The summed E-state index contributed by atoms with van der Waals surface area (Å²) in [5, 5.41) is 0. The maximum Gasteiger partial charge on any atom is -0.0144 e. The van der Waals surface area contributed by atoms with Crippen LogP contribution in [0.2, 0.25) is 0 Å². The lowest BCUT2D eigenvalue weighted by Gasteiger charge is -2.29. The average Bonchev–Trinajstić information content (AvgIpc) is 2.54. The van der Waals surface area contributed by atoms with Crippen LogP contribution in [0.3, 0.4) is 0 Å². The Bertz CT molecular complexity index is 705. The Balaban J connectivity index is 2.03. The van der Waals surface area contributed by atoms with Crippen molar-refractivity contribution in [1.29, 1.82) is 0 Å². The quantitative estimate of drug-likeness (QED) is 0.567. The van der Waals surface area contributed by atoms with E-state index in [1.165, 1.54) is 42.4 Å². The Hall–Kier alpha value is -1.82. The highest BCUT2D eigenvalue weighted by molar-refractivity contribution is 5.93. The molecule has 106 valence electrons. The molecular weight excluding hydrogens is 252 g/mol. The third-order valence-electron chi connectivity index (χ3n) is 5.15. The Morgan fingerprint density at radius 3 is 2.19 bits per heavy atom. The summed E-state index contributed by atoms with van der Waals surface area (Å²) in [5.41, 5.74) is 9.37. The molecule has 1 unspecified atom stereocenters. The summed E-state index contributed by atoms with van der Waals surface area (Å²) in [6, 6.07) is 18.2. The molecule has 0 heteroatoms. The first kappa shape index (κ1) is 12.9. The van der Waals surface area contributed by atoms with Gasteiger partial charge in [-0.05, 0) is 71.4 Å². The predicted molar refractivity (Wildman–Crippen MR) is 90.3 cm³/mol. The van der Waals surface area contributed by atoms with Crippen LogP contribution in [0.25, 0.3) is 11.1 Å². The molecule has 0 heterocycles. The van der Waals surface area contributed by atoms with Crippen LogP contribution in [0.1, 0.15) is 60.8 Å². The van der Waals surface area contributed by atoms with Gasteiger partial charge in [0.2, 0.25) is 0 Å².